The van der Waals surface area contributed by atoms with Crippen LogP contribution < -0.4 is 10.6 Å². The van der Waals surface area contributed by atoms with Gasteiger partial charge in [-0.3, -0.25) is 4.90 Å². The highest BCUT2D eigenvalue weighted by Gasteiger charge is 2.19. The number of aryl methyl sites for hydroxylation is 2. The summed E-state index contributed by atoms with van der Waals surface area (Å²) in [4.78, 5) is 2.43. The number of nitrogens with one attached hydrogen (secondary N) is 2. The van der Waals surface area contributed by atoms with Gasteiger partial charge in [0, 0.05) is 25.3 Å². The average molecular weight is 370 g/mol. The molecule has 0 saturated carbocycles. The molecule has 5 heteroatoms. The molecule has 0 bridgehead atoms. The molecular weight excluding hydrogens is 342 g/mol. The topological polar surface area (TPSA) is 36.5 Å². The molecule has 0 aromatic heterocycles. The fourth-order valence-corrected chi connectivity index (χ4v) is 3.38. The fourth-order valence-electron chi connectivity index (χ4n) is 3.12. The van der Waals surface area contributed by atoms with Crippen LogP contribution in [0.4, 0.5) is 5.69 Å². The van der Waals surface area contributed by atoms with Gasteiger partial charge in [0.1, 0.15) is 0 Å². The highest BCUT2D eigenvalue weighted by molar-refractivity contribution is 7.80. The standard InChI is InChI=1S/C21H27N3OS/c1-16-6-8-18(9-7-16)20(15-24-10-12-25-13-11-24)23-21(26)22-19-5-3-4-17(2)14-19/h3-9,14,20H,10-13,15H2,1-2H3,(H2,22,23,26)/t20-/m0/s1. The van der Waals surface area contributed by atoms with Gasteiger partial charge in [-0.2, -0.15) is 0 Å². The lowest BCUT2D eigenvalue weighted by Gasteiger charge is -2.31. The van der Waals surface area contributed by atoms with Gasteiger partial charge in [-0.25, -0.2) is 0 Å². The summed E-state index contributed by atoms with van der Waals surface area (Å²) >= 11 is 5.58. The Bertz CT molecular complexity index is 726. The van der Waals surface area contributed by atoms with Gasteiger partial charge in [0.05, 0.1) is 19.3 Å². The second-order valence-electron chi connectivity index (χ2n) is 6.84. The van der Waals surface area contributed by atoms with Crippen LogP contribution in [0.25, 0.3) is 0 Å². The Labute approximate surface area is 161 Å². The minimum atomic E-state index is 0.138. The van der Waals surface area contributed by atoms with Crippen LogP contribution in [0.3, 0.4) is 0 Å². The van der Waals surface area contributed by atoms with Crippen molar-refractivity contribution in [2.24, 2.45) is 0 Å². The molecule has 1 aliphatic heterocycles. The van der Waals surface area contributed by atoms with Gasteiger partial charge in [0.2, 0.25) is 0 Å². The zero-order chi connectivity index (χ0) is 18.4. The van der Waals surface area contributed by atoms with E-state index in [9.17, 15) is 0 Å². The summed E-state index contributed by atoms with van der Waals surface area (Å²) in [7, 11) is 0. The normalized spacial score (nSPS) is 16.1. The van der Waals surface area contributed by atoms with Crippen LogP contribution in [0.5, 0.6) is 0 Å². The number of hydrogen-bond acceptors (Lipinski definition) is 3. The predicted molar refractivity (Wildman–Crippen MR) is 112 cm³/mol. The molecule has 0 aliphatic carbocycles. The molecule has 2 aromatic rings. The van der Waals surface area contributed by atoms with E-state index in [1.165, 1.54) is 16.7 Å². The molecule has 1 aliphatic rings. The lowest BCUT2D eigenvalue weighted by Crippen LogP contribution is -2.44. The number of hydrogen-bond donors (Lipinski definition) is 2. The molecule has 1 saturated heterocycles. The van der Waals surface area contributed by atoms with Crippen molar-refractivity contribution in [2.45, 2.75) is 19.9 Å². The van der Waals surface area contributed by atoms with Gasteiger partial charge in [0.15, 0.2) is 5.11 Å². The summed E-state index contributed by atoms with van der Waals surface area (Å²) in [6.45, 7) is 8.61. The lowest BCUT2D eigenvalue weighted by atomic mass is 10.0. The van der Waals surface area contributed by atoms with Gasteiger partial charge >= 0.3 is 0 Å². The molecule has 0 unspecified atom stereocenters. The van der Waals surface area contributed by atoms with Crippen LogP contribution >= 0.6 is 12.2 Å². The summed E-state index contributed by atoms with van der Waals surface area (Å²) in [6, 6.07) is 17.0. The molecule has 2 N–H and O–H groups in total. The highest BCUT2D eigenvalue weighted by Crippen LogP contribution is 2.17. The van der Waals surface area contributed by atoms with Crippen LogP contribution in [-0.2, 0) is 4.74 Å². The Morgan fingerprint density at radius 1 is 1.08 bits per heavy atom. The molecule has 26 heavy (non-hydrogen) atoms. The van der Waals surface area contributed by atoms with Crippen LogP contribution in [0.15, 0.2) is 48.5 Å². The number of anilines is 1. The van der Waals surface area contributed by atoms with Gasteiger partial charge < -0.3 is 15.4 Å². The Kier molecular flexibility index (Phi) is 6.61. The zero-order valence-electron chi connectivity index (χ0n) is 15.5. The third-order valence-corrected chi connectivity index (χ3v) is 4.83. The molecule has 3 rings (SSSR count). The highest BCUT2D eigenvalue weighted by atomic mass is 32.1. The molecule has 1 fully saturated rings. The number of benzene rings is 2. The second-order valence-corrected chi connectivity index (χ2v) is 7.25. The van der Waals surface area contributed by atoms with Crippen molar-refractivity contribution < 1.29 is 4.74 Å². The zero-order valence-corrected chi connectivity index (χ0v) is 16.3. The monoisotopic (exact) mass is 369 g/mol. The molecule has 0 spiro atoms. The first-order valence-electron chi connectivity index (χ1n) is 9.11. The number of thiocarbonyl (C=S) groups is 1. The van der Waals surface area contributed by atoms with E-state index in [1.54, 1.807) is 0 Å². The average Bonchev–Trinajstić information content (AvgIpc) is 2.63. The minimum Gasteiger partial charge on any atom is -0.379 e. The van der Waals surface area contributed by atoms with Crippen molar-refractivity contribution in [2.75, 3.05) is 38.2 Å². The van der Waals surface area contributed by atoms with E-state index in [-0.39, 0.29) is 6.04 Å². The third-order valence-electron chi connectivity index (χ3n) is 4.61. The molecule has 1 atom stereocenters. The molecule has 0 radical (unpaired) electrons. The number of ether oxygens (including phenoxy) is 1. The van der Waals surface area contributed by atoms with Gasteiger partial charge in [-0.15, -0.1) is 0 Å². The van der Waals surface area contributed by atoms with Gasteiger partial charge in [0.25, 0.3) is 0 Å². The van der Waals surface area contributed by atoms with Crippen LogP contribution in [-0.4, -0.2) is 42.9 Å². The van der Waals surface area contributed by atoms with E-state index in [2.05, 4.69) is 65.8 Å². The van der Waals surface area contributed by atoms with E-state index in [0.29, 0.717) is 5.11 Å². The Morgan fingerprint density at radius 3 is 2.50 bits per heavy atom. The Morgan fingerprint density at radius 2 is 1.81 bits per heavy atom. The maximum Gasteiger partial charge on any atom is 0.171 e. The number of nitrogens with zero attached hydrogens (tertiary/aromatic N) is 1. The largest absolute Gasteiger partial charge is 0.379 e. The lowest BCUT2D eigenvalue weighted by molar-refractivity contribution is 0.0344. The molecule has 138 valence electrons. The predicted octanol–water partition coefficient (Wildman–Crippen LogP) is 3.66. The number of morpholine rings is 1. The maximum atomic E-state index is 5.58. The first-order valence-corrected chi connectivity index (χ1v) is 9.52. The van der Waals surface area contributed by atoms with Gasteiger partial charge in [-0.05, 0) is 49.3 Å². The quantitative estimate of drug-likeness (QED) is 0.787. The van der Waals surface area contributed by atoms with E-state index in [4.69, 9.17) is 17.0 Å². The van der Waals surface area contributed by atoms with E-state index >= 15 is 0 Å². The fraction of sp³-hybridized carbons (Fsp3) is 0.381. The molecule has 0 amide bonds. The molecular formula is C21H27N3OS. The summed E-state index contributed by atoms with van der Waals surface area (Å²) < 4.78 is 5.47. The first kappa shape index (κ1) is 18.8. The maximum absolute atomic E-state index is 5.58. The Hall–Kier alpha value is -1.95. The van der Waals surface area contributed by atoms with E-state index in [1.807, 2.05) is 12.1 Å². The van der Waals surface area contributed by atoms with Crippen molar-refractivity contribution in [1.82, 2.24) is 10.2 Å². The molecule has 2 aromatic carbocycles. The van der Waals surface area contributed by atoms with Crippen molar-refractivity contribution in [3.05, 3.63) is 65.2 Å². The smallest absolute Gasteiger partial charge is 0.171 e. The summed E-state index contributed by atoms with van der Waals surface area (Å²) in [6.07, 6.45) is 0. The third kappa shape index (κ3) is 5.53. The van der Waals surface area contributed by atoms with Crippen LogP contribution in [0.2, 0.25) is 0 Å². The van der Waals surface area contributed by atoms with Gasteiger partial charge in [-0.1, -0.05) is 42.0 Å². The van der Waals surface area contributed by atoms with Crippen LogP contribution in [0.1, 0.15) is 22.7 Å². The van der Waals surface area contributed by atoms with E-state index in [0.717, 1.165) is 38.5 Å². The summed E-state index contributed by atoms with van der Waals surface area (Å²) in [5, 5.41) is 7.46. The van der Waals surface area contributed by atoms with E-state index < -0.39 is 0 Å². The Balaban J connectivity index is 1.69. The minimum absolute atomic E-state index is 0.138. The number of rotatable bonds is 5. The van der Waals surface area contributed by atoms with Crippen molar-refractivity contribution >= 4 is 23.0 Å². The summed E-state index contributed by atoms with van der Waals surface area (Å²) in [5.41, 5.74) is 4.73. The van der Waals surface area contributed by atoms with Crippen molar-refractivity contribution in [3.8, 4) is 0 Å². The van der Waals surface area contributed by atoms with Crippen molar-refractivity contribution in [1.29, 1.82) is 0 Å². The summed E-state index contributed by atoms with van der Waals surface area (Å²) in [5.74, 6) is 0. The molecule has 4 nitrogen and oxygen atoms in total. The SMILES string of the molecule is Cc1ccc([C@H](CN2CCOCC2)NC(=S)Nc2cccc(C)c2)cc1. The second kappa shape index (κ2) is 9.12. The van der Waals surface area contributed by atoms with Crippen molar-refractivity contribution in [3.63, 3.8) is 0 Å². The van der Waals surface area contributed by atoms with Crippen LogP contribution in [0, 0.1) is 13.8 Å². The first-order chi connectivity index (χ1) is 12.6. The molecule has 1 heterocycles.